The maximum atomic E-state index is 11.8. The van der Waals surface area contributed by atoms with Crippen molar-refractivity contribution in [3.05, 3.63) is 24.3 Å². The molecular formula is C10H13NO4S. The Morgan fingerprint density at radius 3 is 2.56 bits per heavy atom. The summed E-state index contributed by atoms with van der Waals surface area (Å²) in [4.78, 5) is 15.6. The summed E-state index contributed by atoms with van der Waals surface area (Å²) in [6, 6.07) is 0. The Balaban J connectivity index is 3.10. The minimum atomic E-state index is -3.77. The molecule has 0 saturated carbocycles. The fourth-order valence-corrected chi connectivity index (χ4v) is 1.83. The van der Waals surface area contributed by atoms with Crippen LogP contribution in [0.15, 0.2) is 29.3 Å². The second kappa shape index (κ2) is 4.31. The van der Waals surface area contributed by atoms with Gasteiger partial charge in [-0.1, -0.05) is 6.58 Å². The lowest BCUT2D eigenvalue weighted by atomic mass is 10.0. The standard InChI is InChI=1S/C10H13NO4S/c1-4-16(13,14)15-10(6-5-7-11-10)9(12)8(2)3/h5-7H,2,4H2,1,3H3. The quantitative estimate of drug-likeness (QED) is 0.529. The maximum absolute atomic E-state index is 11.8. The highest BCUT2D eigenvalue weighted by Crippen LogP contribution is 2.25. The molecule has 0 spiro atoms. The van der Waals surface area contributed by atoms with E-state index in [-0.39, 0.29) is 11.3 Å². The largest absolute Gasteiger partial charge is 0.289 e. The number of hydrogen-bond acceptors (Lipinski definition) is 5. The summed E-state index contributed by atoms with van der Waals surface area (Å²) in [6.07, 6.45) is 4.09. The van der Waals surface area contributed by atoms with Gasteiger partial charge in [0.2, 0.25) is 5.78 Å². The first kappa shape index (κ1) is 12.8. The average molecular weight is 243 g/mol. The monoisotopic (exact) mass is 243 g/mol. The van der Waals surface area contributed by atoms with Crippen LogP contribution in [0.2, 0.25) is 0 Å². The van der Waals surface area contributed by atoms with Crippen LogP contribution in [0.4, 0.5) is 0 Å². The lowest BCUT2D eigenvalue weighted by molar-refractivity contribution is -0.125. The van der Waals surface area contributed by atoms with Gasteiger partial charge in [-0.25, -0.2) is 9.18 Å². The highest BCUT2D eigenvalue weighted by atomic mass is 32.2. The van der Waals surface area contributed by atoms with Crippen molar-refractivity contribution in [3.63, 3.8) is 0 Å². The van der Waals surface area contributed by atoms with Gasteiger partial charge in [-0.2, -0.15) is 8.42 Å². The molecule has 1 atom stereocenters. The summed E-state index contributed by atoms with van der Waals surface area (Å²) >= 11 is 0. The summed E-state index contributed by atoms with van der Waals surface area (Å²) < 4.78 is 27.6. The predicted molar refractivity (Wildman–Crippen MR) is 60.7 cm³/mol. The number of Topliss-reactive ketones (excluding diaryl/α,β-unsaturated/α-hetero) is 1. The van der Waals surface area contributed by atoms with Gasteiger partial charge in [-0.15, -0.1) is 0 Å². The van der Waals surface area contributed by atoms with E-state index in [0.717, 1.165) is 0 Å². The molecule has 88 valence electrons. The Morgan fingerprint density at radius 1 is 1.56 bits per heavy atom. The van der Waals surface area contributed by atoms with Crippen LogP contribution >= 0.6 is 0 Å². The first-order valence-electron chi connectivity index (χ1n) is 4.69. The summed E-state index contributed by atoms with van der Waals surface area (Å²) in [5, 5.41) is 0. The molecule has 1 unspecified atom stereocenters. The van der Waals surface area contributed by atoms with Crippen molar-refractivity contribution in [1.29, 1.82) is 0 Å². The van der Waals surface area contributed by atoms with Crippen molar-refractivity contribution in [2.75, 3.05) is 5.75 Å². The number of carbonyl (C=O) groups excluding carboxylic acids is 1. The molecule has 0 amide bonds. The van der Waals surface area contributed by atoms with E-state index in [1.54, 1.807) is 0 Å². The zero-order chi connectivity index (χ0) is 12.4. The fourth-order valence-electron chi connectivity index (χ4n) is 1.15. The van der Waals surface area contributed by atoms with Gasteiger partial charge in [-0.3, -0.25) is 4.79 Å². The topological polar surface area (TPSA) is 72.8 Å². The lowest BCUT2D eigenvalue weighted by Crippen LogP contribution is -2.39. The average Bonchev–Trinajstić information content (AvgIpc) is 2.65. The molecular weight excluding hydrogens is 230 g/mol. The van der Waals surface area contributed by atoms with Crippen molar-refractivity contribution >= 4 is 22.1 Å². The molecule has 0 N–H and O–H groups in total. The molecule has 0 aromatic rings. The van der Waals surface area contributed by atoms with E-state index in [1.807, 2.05) is 0 Å². The van der Waals surface area contributed by atoms with Gasteiger partial charge in [0.15, 0.2) is 0 Å². The SMILES string of the molecule is C=C(C)C(=O)C1(OS(=O)(=O)CC)C=CC=N1. The van der Waals surface area contributed by atoms with Gasteiger partial charge >= 0.3 is 0 Å². The Labute approximate surface area is 94.6 Å². The second-order valence-corrected chi connectivity index (χ2v) is 5.23. The Hall–Kier alpha value is -1.27. The highest BCUT2D eigenvalue weighted by molar-refractivity contribution is 7.86. The fraction of sp³-hybridized carbons (Fsp3) is 0.400. The first-order valence-corrected chi connectivity index (χ1v) is 6.27. The van der Waals surface area contributed by atoms with Gasteiger partial charge in [0.05, 0.1) is 5.75 Å². The number of nitrogens with zero attached hydrogens (tertiary/aromatic N) is 1. The van der Waals surface area contributed by atoms with E-state index in [9.17, 15) is 13.2 Å². The van der Waals surface area contributed by atoms with Crippen LogP contribution in [-0.4, -0.2) is 31.9 Å². The Morgan fingerprint density at radius 2 is 2.19 bits per heavy atom. The molecule has 1 aliphatic rings. The van der Waals surface area contributed by atoms with Gasteiger partial charge in [0, 0.05) is 6.21 Å². The normalized spacial score (nSPS) is 23.6. The van der Waals surface area contributed by atoms with Crippen molar-refractivity contribution in [2.45, 2.75) is 19.6 Å². The van der Waals surface area contributed by atoms with Crippen molar-refractivity contribution in [3.8, 4) is 0 Å². The molecule has 0 aromatic carbocycles. The minimum Gasteiger partial charge on any atom is -0.289 e. The van der Waals surface area contributed by atoms with E-state index in [1.165, 1.54) is 32.2 Å². The summed E-state index contributed by atoms with van der Waals surface area (Å²) in [7, 11) is -3.77. The minimum absolute atomic E-state index is 0.190. The molecule has 0 bridgehead atoms. The molecule has 5 nitrogen and oxygen atoms in total. The molecule has 0 aliphatic carbocycles. The number of allylic oxidation sites excluding steroid dienone is 1. The van der Waals surface area contributed by atoms with Crippen LogP contribution in [0, 0.1) is 0 Å². The van der Waals surface area contributed by atoms with E-state index >= 15 is 0 Å². The molecule has 1 aliphatic heterocycles. The van der Waals surface area contributed by atoms with Crippen LogP contribution in [0.3, 0.4) is 0 Å². The number of rotatable bonds is 5. The van der Waals surface area contributed by atoms with E-state index < -0.39 is 21.6 Å². The van der Waals surface area contributed by atoms with Crippen LogP contribution in [0.25, 0.3) is 0 Å². The third kappa shape index (κ3) is 2.45. The molecule has 16 heavy (non-hydrogen) atoms. The number of carbonyl (C=O) groups is 1. The number of hydrogen-bond donors (Lipinski definition) is 0. The summed E-state index contributed by atoms with van der Waals surface area (Å²) in [5.41, 5.74) is -1.59. The lowest BCUT2D eigenvalue weighted by Gasteiger charge is -2.21. The molecule has 1 rings (SSSR count). The van der Waals surface area contributed by atoms with Crippen molar-refractivity contribution in [2.24, 2.45) is 4.99 Å². The van der Waals surface area contributed by atoms with Crippen molar-refractivity contribution < 1.29 is 17.4 Å². The van der Waals surface area contributed by atoms with Gasteiger partial charge in [0.25, 0.3) is 15.8 Å². The third-order valence-electron chi connectivity index (χ3n) is 2.00. The third-order valence-corrected chi connectivity index (χ3v) is 3.21. The first-order chi connectivity index (χ1) is 7.33. The van der Waals surface area contributed by atoms with Crippen LogP contribution in [0.5, 0.6) is 0 Å². The zero-order valence-corrected chi connectivity index (χ0v) is 9.95. The molecule has 0 fully saturated rings. The molecule has 1 heterocycles. The summed E-state index contributed by atoms with van der Waals surface area (Å²) in [6.45, 7) is 6.38. The van der Waals surface area contributed by atoms with E-state index in [2.05, 4.69) is 11.6 Å². The Kier molecular flexibility index (Phi) is 3.44. The second-order valence-electron chi connectivity index (χ2n) is 3.37. The van der Waals surface area contributed by atoms with Gasteiger partial charge in [-0.05, 0) is 31.6 Å². The molecule has 0 aromatic heterocycles. The van der Waals surface area contributed by atoms with Crippen LogP contribution < -0.4 is 0 Å². The van der Waals surface area contributed by atoms with Gasteiger partial charge < -0.3 is 0 Å². The molecule has 6 heteroatoms. The Bertz CT molecular complexity index is 461. The predicted octanol–water partition coefficient (Wildman–Crippen LogP) is 0.835. The zero-order valence-electron chi connectivity index (χ0n) is 9.13. The van der Waals surface area contributed by atoms with E-state index in [0.29, 0.717) is 0 Å². The summed E-state index contributed by atoms with van der Waals surface area (Å²) in [5.74, 6) is -0.781. The number of ketones is 1. The van der Waals surface area contributed by atoms with Crippen molar-refractivity contribution in [1.82, 2.24) is 0 Å². The smallest absolute Gasteiger partial charge is 0.270 e. The van der Waals surface area contributed by atoms with Crippen LogP contribution in [-0.2, 0) is 19.1 Å². The highest BCUT2D eigenvalue weighted by Gasteiger charge is 2.42. The number of aliphatic imine (C=N–C) groups is 1. The maximum Gasteiger partial charge on any atom is 0.270 e. The molecule has 0 saturated heterocycles. The van der Waals surface area contributed by atoms with Crippen LogP contribution in [0.1, 0.15) is 13.8 Å². The van der Waals surface area contributed by atoms with Gasteiger partial charge in [0.1, 0.15) is 0 Å². The van der Waals surface area contributed by atoms with E-state index in [4.69, 9.17) is 4.18 Å². The molecule has 0 radical (unpaired) electrons.